The van der Waals surface area contributed by atoms with E-state index in [1.165, 1.54) is 24.3 Å². The van der Waals surface area contributed by atoms with Gasteiger partial charge in [-0.15, -0.1) is 10.2 Å². The number of halogens is 2. The fourth-order valence-corrected chi connectivity index (χ4v) is 9.74. The van der Waals surface area contributed by atoms with E-state index in [9.17, 15) is 9.59 Å². The zero-order chi connectivity index (χ0) is 53.2. The highest BCUT2D eigenvalue weighted by Crippen LogP contribution is 2.42. The third kappa shape index (κ3) is 14.3. The predicted molar refractivity (Wildman–Crippen MR) is 285 cm³/mol. The van der Waals surface area contributed by atoms with E-state index in [4.69, 9.17) is 60.1 Å². The van der Waals surface area contributed by atoms with Gasteiger partial charge in [0.15, 0.2) is 16.6 Å². The third-order valence-electron chi connectivity index (χ3n) is 12.9. The molecule has 4 atom stereocenters. The molecule has 1 heterocycles. The van der Waals surface area contributed by atoms with E-state index in [1.807, 2.05) is 32.9 Å². The van der Waals surface area contributed by atoms with Crippen molar-refractivity contribution in [1.82, 2.24) is 21.0 Å². The summed E-state index contributed by atoms with van der Waals surface area (Å²) in [5.41, 5.74) is 10.4. The summed E-state index contributed by atoms with van der Waals surface area (Å²) in [6.45, 7) is 43.5. The van der Waals surface area contributed by atoms with E-state index in [0.717, 1.165) is 16.8 Å². The van der Waals surface area contributed by atoms with E-state index in [1.54, 1.807) is 49.4 Å². The summed E-state index contributed by atoms with van der Waals surface area (Å²) >= 11 is 12.8. The Morgan fingerprint density at radius 2 is 1.14 bits per heavy atom. The fourth-order valence-electron chi connectivity index (χ4n) is 6.49. The normalized spacial score (nSPS) is 13.3. The quantitative estimate of drug-likeness (QED) is 0.0469. The molecule has 0 aliphatic carbocycles. The second-order valence-corrected chi connectivity index (χ2v) is 30.3. The molecule has 1 aromatic heterocycles. The minimum Gasteiger partial charge on any atom is -0.418 e. The molecule has 0 unspecified atom stereocenters. The molecule has 15 nitrogen and oxygen atoms in total. The summed E-state index contributed by atoms with van der Waals surface area (Å²) in [5, 5.41) is 33.9. The maximum Gasteiger partial charge on any atom is 0.269 e. The van der Waals surface area contributed by atoms with Crippen LogP contribution in [-0.4, -0.2) is 56.9 Å². The molecular formula is C52H62Cl2N10O5Si2. The molecule has 19 heteroatoms. The first kappa shape index (κ1) is 57.0. The highest BCUT2D eigenvalue weighted by atomic mass is 35.5. The molecule has 5 aromatic rings. The summed E-state index contributed by atoms with van der Waals surface area (Å²) in [4.78, 5) is 32.7. The van der Waals surface area contributed by atoms with Gasteiger partial charge in [0.05, 0.1) is 58.7 Å². The molecule has 5 rings (SSSR count). The lowest BCUT2D eigenvalue weighted by atomic mass is 10.1. The van der Waals surface area contributed by atoms with Crippen molar-refractivity contribution in [1.29, 1.82) is 10.5 Å². The number of amides is 2. The van der Waals surface area contributed by atoms with Crippen molar-refractivity contribution in [3.63, 3.8) is 0 Å². The molecular weight excluding hydrogens is 972 g/mol. The average molecular weight is 1030 g/mol. The Morgan fingerprint density at radius 3 is 1.59 bits per heavy atom. The maximum absolute atomic E-state index is 13.3. The van der Waals surface area contributed by atoms with Gasteiger partial charge in [-0.25, -0.2) is 9.69 Å². The Kier molecular flexibility index (Phi) is 18.9. The molecule has 71 heavy (non-hydrogen) atoms. The first-order valence-corrected chi connectivity index (χ1v) is 29.3. The number of rotatable bonds is 14. The van der Waals surface area contributed by atoms with E-state index in [0.29, 0.717) is 61.1 Å². The van der Waals surface area contributed by atoms with Crippen molar-refractivity contribution >= 4 is 74.4 Å². The molecule has 4 aromatic carbocycles. The molecule has 0 radical (unpaired) electrons. The Labute approximate surface area is 430 Å². The molecule has 0 aliphatic rings. The largest absolute Gasteiger partial charge is 0.418 e. The first-order valence-electron chi connectivity index (χ1n) is 22.8. The van der Waals surface area contributed by atoms with Crippen molar-refractivity contribution < 1.29 is 22.9 Å². The number of benzene rings is 4. The Hall–Kier alpha value is -6.55. The highest BCUT2D eigenvalue weighted by Gasteiger charge is 2.42. The number of carbonyl (C=O) groups excluding carboxylic acids is 2. The zero-order valence-electron chi connectivity index (χ0n) is 42.7. The number of hydrazine groups is 1. The van der Waals surface area contributed by atoms with Crippen molar-refractivity contribution in [3.05, 3.63) is 139 Å². The van der Waals surface area contributed by atoms with Crippen LogP contribution in [-0.2, 0) is 13.6 Å². The Balaban J connectivity index is 0.000000309. The van der Waals surface area contributed by atoms with Crippen LogP contribution in [0.15, 0.2) is 77.2 Å². The lowest BCUT2D eigenvalue weighted by Gasteiger charge is -2.40. The van der Waals surface area contributed by atoms with Gasteiger partial charge in [-0.1, -0.05) is 76.9 Å². The average Bonchev–Trinajstić information content (AvgIpc) is 3.81. The van der Waals surface area contributed by atoms with Gasteiger partial charge in [-0.3, -0.25) is 20.4 Å². The molecule has 0 spiro atoms. The van der Waals surface area contributed by atoms with Crippen LogP contribution in [0.4, 0.5) is 22.7 Å². The second-order valence-electron chi connectivity index (χ2n) is 20.0. The monoisotopic (exact) mass is 1030 g/mol. The lowest BCUT2D eigenvalue weighted by Crippen LogP contribution is -2.55. The van der Waals surface area contributed by atoms with E-state index >= 15 is 0 Å². The molecule has 0 aliphatic heterocycles. The van der Waals surface area contributed by atoms with E-state index < -0.39 is 46.6 Å². The predicted octanol–water partition coefficient (Wildman–Crippen LogP) is 13.4. The molecule has 2 amide bonds. The summed E-state index contributed by atoms with van der Waals surface area (Å²) in [7, 11) is -4.35. The molecule has 4 N–H and O–H groups in total. The van der Waals surface area contributed by atoms with Crippen molar-refractivity contribution in [3.8, 4) is 23.6 Å². The van der Waals surface area contributed by atoms with Crippen LogP contribution in [0.2, 0.25) is 46.3 Å². The molecule has 0 saturated heterocycles. The number of nitrogens with zero attached hydrogens (tertiary/aromatic N) is 6. The number of nitrogens with one attached hydrogen (secondary N) is 4. The Bertz CT molecular complexity index is 2890. The van der Waals surface area contributed by atoms with Gasteiger partial charge >= 0.3 is 0 Å². The zero-order valence-corrected chi connectivity index (χ0v) is 46.2. The standard InChI is InChI=1S/C26H32ClN5O3Si.C26H30ClN5O2Si/c1-16-20(13-14-21(29-6)22(16)27)30-23(17(2)35-36(7,8)26(3,4)5)25(34)32-31-24(33)19-11-9-18(15-28)10-12-19;1-16-20(13-14-21(29-6)22(16)27)30-23(17(2)34-35(7,8)26(3,4)5)25-32-31-24(33-25)19-11-9-18(15-28)10-12-19/h9-14,17,23,30H,1-5,7-8H3,(H,31,33)(H,32,34);9-14,17,23,30H,1-5,7-8H3/t2*17-,23+/m00/s1. The van der Waals surface area contributed by atoms with Gasteiger partial charge in [0.2, 0.25) is 23.2 Å². The van der Waals surface area contributed by atoms with Gasteiger partial charge in [-0.05, 0) is 136 Å². The topological polar surface area (TPSA) is 196 Å². The molecule has 0 fully saturated rings. The van der Waals surface area contributed by atoms with Crippen molar-refractivity contribution in [2.45, 2.75) is 130 Å². The van der Waals surface area contributed by atoms with Gasteiger partial charge in [0.1, 0.15) is 12.1 Å². The minimum atomic E-state index is -2.24. The summed E-state index contributed by atoms with van der Waals surface area (Å²) in [6.07, 6.45) is -0.861. The number of carbonyl (C=O) groups is 2. The maximum atomic E-state index is 13.3. The number of hydrogen-bond acceptors (Lipinski definition) is 11. The second kappa shape index (κ2) is 23.6. The van der Waals surface area contributed by atoms with Crippen LogP contribution in [0.3, 0.4) is 0 Å². The molecule has 0 saturated carbocycles. The van der Waals surface area contributed by atoms with Crippen LogP contribution in [0, 0.1) is 49.7 Å². The highest BCUT2D eigenvalue weighted by molar-refractivity contribution is 6.74. The van der Waals surface area contributed by atoms with Gasteiger partial charge < -0.3 is 23.9 Å². The number of aromatic nitrogens is 2. The summed E-state index contributed by atoms with van der Waals surface area (Å²) < 4.78 is 19.3. The van der Waals surface area contributed by atoms with E-state index in [2.05, 4.69) is 115 Å². The van der Waals surface area contributed by atoms with Crippen LogP contribution in [0.5, 0.6) is 0 Å². The Morgan fingerprint density at radius 1 is 0.690 bits per heavy atom. The SMILES string of the molecule is [C-]#[N+]c1ccc(N[C@@H](C(=O)NNC(=O)c2ccc(C#N)cc2)[C@H](C)O[Si](C)(C)C(C)(C)C)c(C)c1Cl.[C-]#[N+]c1ccc(N[C@@H](c2nnc(-c3ccc(C#N)cc3)o2)[C@H](C)O[Si](C)(C)C(C)(C)C)c(C)c1Cl. The van der Waals surface area contributed by atoms with Crippen molar-refractivity contribution in [2.75, 3.05) is 10.6 Å². The third-order valence-corrected chi connectivity index (χ3v) is 23.0. The van der Waals surface area contributed by atoms with Crippen molar-refractivity contribution in [2.24, 2.45) is 0 Å². The van der Waals surface area contributed by atoms with Crippen LogP contribution >= 0.6 is 23.2 Å². The minimum absolute atomic E-state index is 0.0187. The summed E-state index contributed by atoms with van der Waals surface area (Å²) in [5.74, 6) is -0.299. The fraction of sp³-hybridized carbons (Fsp3) is 0.385. The lowest BCUT2D eigenvalue weighted by molar-refractivity contribution is -0.124. The summed E-state index contributed by atoms with van der Waals surface area (Å²) in [6, 6.07) is 22.6. The van der Waals surface area contributed by atoms with Crippen LogP contribution in [0.1, 0.15) is 99.9 Å². The molecule has 0 bridgehead atoms. The number of hydrogen-bond donors (Lipinski definition) is 4. The van der Waals surface area contributed by atoms with Gasteiger partial charge in [-0.2, -0.15) is 10.5 Å². The van der Waals surface area contributed by atoms with Crippen LogP contribution in [0.25, 0.3) is 21.1 Å². The smallest absolute Gasteiger partial charge is 0.269 e. The van der Waals surface area contributed by atoms with Crippen LogP contribution < -0.4 is 21.5 Å². The number of nitriles is 2. The first-order chi connectivity index (χ1) is 33.1. The van der Waals surface area contributed by atoms with Gasteiger partial charge in [0.25, 0.3) is 11.8 Å². The number of anilines is 2. The van der Waals surface area contributed by atoms with E-state index in [-0.39, 0.29) is 16.2 Å². The molecule has 372 valence electrons. The van der Waals surface area contributed by atoms with Gasteiger partial charge in [0, 0.05) is 22.5 Å².